The van der Waals surface area contributed by atoms with Crippen LogP contribution in [0.1, 0.15) is 51.2 Å². The van der Waals surface area contributed by atoms with Gasteiger partial charge in [0.25, 0.3) is 0 Å². The zero-order valence-corrected chi connectivity index (χ0v) is 23.4. The molecule has 2 aromatic rings. The fraction of sp³-hybridized carbons (Fsp3) is 0.481. The molecule has 2 aromatic carbocycles. The van der Waals surface area contributed by atoms with E-state index >= 15 is 0 Å². The molecule has 0 bridgehead atoms. The maximum Gasteiger partial charge on any atom is 0.242 e. The van der Waals surface area contributed by atoms with E-state index in [2.05, 4.69) is 5.32 Å². The summed E-state index contributed by atoms with van der Waals surface area (Å²) in [7, 11) is -3.58. The SMILES string of the molecule is CC[C@H](C)NC(=O)[C@H](C)N(CCc1ccccc1)C(=O)CCCN(c1cc(Cl)ccc1C)S(C)(=O)=O. The van der Waals surface area contributed by atoms with Crippen molar-refractivity contribution in [3.05, 3.63) is 64.7 Å². The number of anilines is 1. The van der Waals surface area contributed by atoms with Gasteiger partial charge in [-0.05, 0) is 63.3 Å². The van der Waals surface area contributed by atoms with Crippen LogP contribution >= 0.6 is 11.6 Å². The summed E-state index contributed by atoms with van der Waals surface area (Å²) in [6.45, 7) is 7.99. The molecule has 0 aromatic heterocycles. The summed E-state index contributed by atoms with van der Waals surface area (Å²) in [5, 5.41) is 3.40. The van der Waals surface area contributed by atoms with Gasteiger partial charge in [-0.25, -0.2) is 8.42 Å². The number of aryl methyl sites for hydroxylation is 1. The summed E-state index contributed by atoms with van der Waals surface area (Å²) < 4.78 is 26.3. The maximum absolute atomic E-state index is 13.3. The first-order valence-electron chi connectivity index (χ1n) is 12.3. The Labute approximate surface area is 220 Å². The van der Waals surface area contributed by atoms with Gasteiger partial charge in [0, 0.05) is 30.6 Å². The molecular weight excluding hydrogens is 498 g/mol. The summed E-state index contributed by atoms with van der Waals surface area (Å²) in [6.07, 6.45) is 2.97. The third kappa shape index (κ3) is 8.82. The first-order valence-corrected chi connectivity index (χ1v) is 14.5. The molecular formula is C27H38ClN3O4S. The summed E-state index contributed by atoms with van der Waals surface area (Å²) in [6, 6.07) is 14.3. The quantitative estimate of drug-likeness (QED) is 0.407. The van der Waals surface area contributed by atoms with Crippen molar-refractivity contribution in [2.24, 2.45) is 0 Å². The average Bonchev–Trinajstić information content (AvgIpc) is 2.83. The smallest absolute Gasteiger partial charge is 0.242 e. The molecule has 0 aliphatic rings. The second-order valence-corrected chi connectivity index (χ2v) is 11.5. The van der Waals surface area contributed by atoms with Gasteiger partial charge < -0.3 is 10.2 Å². The van der Waals surface area contributed by atoms with E-state index < -0.39 is 16.1 Å². The van der Waals surface area contributed by atoms with Gasteiger partial charge in [0.15, 0.2) is 0 Å². The van der Waals surface area contributed by atoms with E-state index in [0.717, 1.165) is 23.8 Å². The second kappa shape index (κ2) is 13.7. The number of carbonyl (C=O) groups excluding carboxylic acids is 2. The molecule has 0 radical (unpaired) electrons. The van der Waals surface area contributed by atoms with Crippen LogP contribution in [0.15, 0.2) is 48.5 Å². The molecule has 0 spiro atoms. The van der Waals surface area contributed by atoms with E-state index in [9.17, 15) is 18.0 Å². The van der Waals surface area contributed by atoms with E-state index in [0.29, 0.717) is 30.1 Å². The first kappa shape index (κ1) is 29.6. The van der Waals surface area contributed by atoms with Crippen LogP contribution in [0, 0.1) is 6.92 Å². The van der Waals surface area contributed by atoms with E-state index in [1.807, 2.05) is 51.1 Å². The van der Waals surface area contributed by atoms with Gasteiger partial charge in [-0.3, -0.25) is 13.9 Å². The van der Waals surface area contributed by atoms with E-state index in [1.165, 1.54) is 4.31 Å². The van der Waals surface area contributed by atoms with Crippen LogP contribution in [0.2, 0.25) is 5.02 Å². The average molecular weight is 536 g/mol. The van der Waals surface area contributed by atoms with Crippen molar-refractivity contribution < 1.29 is 18.0 Å². The minimum Gasteiger partial charge on any atom is -0.352 e. The van der Waals surface area contributed by atoms with Gasteiger partial charge in [0.1, 0.15) is 6.04 Å². The molecule has 0 fully saturated rings. The molecule has 1 N–H and O–H groups in total. The van der Waals surface area contributed by atoms with E-state index in [4.69, 9.17) is 11.6 Å². The number of hydrogen-bond donors (Lipinski definition) is 1. The molecule has 36 heavy (non-hydrogen) atoms. The van der Waals surface area contributed by atoms with Crippen molar-refractivity contribution in [2.75, 3.05) is 23.7 Å². The third-order valence-corrected chi connectivity index (χ3v) is 7.66. The zero-order valence-electron chi connectivity index (χ0n) is 21.8. The molecule has 2 amide bonds. The molecule has 0 aliphatic carbocycles. The summed E-state index contributed by atoms with van der Waals surface area (Å²) in [5.74, 6) is -0.382. The number of nitrogens with one attached hydrogen (secondary N) is 1. The second-order valence-electron chi connectivity index (χ2n) is 9.19. The molecule has 9 heteroatoms. The molecule has 7 nitrogen and oxygen atoms in total. The van der Waals surface area contributed by atoms with Gasteiger partial charge in [0.2, 0.25) is 21.8 Å². The van der Waals surface area contributed by atoms with Gasteiger partial charge in [0.05, 0.1) is 11.9 Å². The van der Waals surface area contributed by atoms with Crippen LogP contribution < -0.4 is 9.62 Å². The maximum atomic E-state index is 13.3. The Hall–Kier alpha value is -2.58. The highest BCUT2D eigenvalue weighted by Crippen LogP contribution is 2.26. The van der Waals surface area contributed by atoms with Crippen molar-refractivity contribution in [3.8, 4) is 0 Å². The number of benzene rings is 2. The van der Waals surface area contributed by atoms with E-state index in [-0.39, 0.29) is 30.8 Å². The Morgan fingerprint density at radius 3 is 2.33 bits per heavy atom. The Morgan fingerprint density at radius 2 is 1.72 bits per heavy atom. The highest BCUT2D eigenvalue weighted by atomic mass is 35.5. The lowest BCUT2D eigenvalue weighted by molar-refractivity contribution is -0.140. The topological polar surface area (TPSA) is 86.8 Å². The summed E-state index contributed by atoms with van der Waals surface area (Å²) in [5.41, 5.74) is 2.35. The lowest BCUT2D eigenvalue weighted by atomic mass is 10.1. The standard InChI is InChI=1S/C27H38ClN3O4S/c1-6-21(3)29-27(33)22(4)30(18-16-23-11-8-7-9-12-23)26(32)13-10-17-31(36(5,34)35)25-19-24(28)15-14-20(25)2/h7-9,11-12,14-15,19,21-22H,6,10,13,16-18H2,1-5H3,(H,29,33)/t21-,22-/m0/s1. The fourth-order valence-electron chi connectivity index (χ4n) is 3.87. The van der Waals surface area contributed by atoms with Crippen molar-refractivity contribution in [2.45, 2.75) is 65.5 Å². The Kier molecular flexibility index (Phi) is 11.2. The fourth-order valence-corrected chi connectivity index (χ4v) is 5.05. The predicted octanol–water partition coefficient (Wildman–Crippen LogP) is 4.57. The van der Waals surface area contributed by atoms with Gasteiger partial charge >= 0.3 is 0 Å². The van der Waals surface area contributed by atoms with Crippen LogP contribution in [0.25, 0.3) is 0 Å². The first-order chi connectivity index (χ1) is 16.9. The summed E-state index contributed by atoms with van der Waals surface area (Å²) in [4.78, 5) is 27.7. The van der Waals surface area contributed by atoms with Gasteiger partial charge in [-0.15, -0.1) is 0 Å². The van der Waals surface area contributed by atoms with Crippen molar-refractivity contribution >= 4 is 39.1 Å². The Balaban J connectivity index is 2.15. The molecule has 0 unspecified atom stereocenters. The number of amides is 2. The zero-order chi connectivity index (χ0) is 26.9. The number of sulfonamides is 1. The Bertz CT molecular complexity index is 1130. The van der Waals surface area contributed by atoms with Crippen LogP contribution in [-0.4, -0.2) is 56.6 Å². The highest BCUT2D eigenvalue weighted by Gasteiger charge is 2.27. The molecule has 2 atom stereocenters. The number of halogens is 1. The number of hydrogen-bond acceptors (Lipinski definition) is 4. The van der Waals surface area contributed by atoms with Crippen molar-refractivity contribution in [1.29, 1.82) is 0 Å². The predicted molar refractivity (Wildman–Crippen MR) is 147 cm³/mol. The number of carbonyl (C=O) groups is 2. The van der Waals surface area contributed by atoms with Gasteiger partial charge in [-0.2, -0.15) is 0 Å². The lowest BCUT2D eigenvalue weighted by Crippen LogP contribution is -2.50. The van der Waals surface area contributed by atoms with Crippen molar-refractivity contribution in [1.82, 2.24) is 10.2 Å². The molecule has 0 aliphatic heterocycles. The monoisotopic (exact) mass is 535 g/mol. The third-order valence-electron chi connectivity index (χ3n) is 6.24. The lowest BCUT2D eigenvalue weighted by Gasteiger charge is -2.30. The van der Waals surface area contributed by atoms with Crippen LogP contribution in [0.3, 0.4) is 0 Å². The molecule has 0 saturated carbocycles. The Morgan fingerprint density at radius 1 is 1.06 bits per heavy atom. The van der Waals surface area contributed by atoms with E-state index in [1.54, 1.807) is 30.0 Å². The van der Waals surface area contributed by atoms with Crippen LogP contribution in [-0.2, 0) is 26.0 Å². The van der Waals surface area contributed by atoms with Gasteiger partial charge in [-0.1, -0.05) is 54.9 Å². The molecule has 198 valence electrons. The van der Waals surface area contributed by atoms with Crippen LogP contribution in [0.5, 0.6) is 0 Å². The normalized spacial score (nSPS) is 13.1. The highest BCUT2D eigenvalue weighted by molar-refractivity contribution is 7.92. The molecule has 0 heterocycles. The minimum absolute atomic E-state index is 0.00952. The molecule has 0 saturated heterocycles. The van der Waals surface area contributed by atoms with Crippen molar-refractivity contribution in [3.63, 3.8) is 0 Å². The number of nitrogens with zero attached hydrogens (tertiary/aromatic N) is 2. The molecule has 2 rings (SSSR count). The minimum atomic E-state index is -3.58. The van der Waals surface area contributed by atoms with Crippen LogP contribution in [0.4, 0.5) is 5.69 Å². The summed E-state index contributed by atoms with van der Waals surface area (Å²) >= 11 is 6.11. The number of rotatable bonds is 13. The largest absolute Gasteiger partial charge is 0.352 e.